The number of nitrogens with zero attached hydrogens (tertiary/aromatic N) is 6. The number of carbonyl (C=O) groups is 1. The molecule has 10 heteroatoms. The number of hydrogen-bond acceptors (Lipinski definition) is 5. The van der Waals surface area contributed by atoms with Gasteiger partial charge in [-0.1, -0.05) is 23.7 Å². The SMILES string of the molecule is Cn1cc([C@@H](NC(=O)c2ccc3cnc(Cc4ccnn4C)nc3c2)c2ccc(Cl)c(F)c2)cn1. The van der Waals surface area contributed by atoms with E-state index in [1.54, 1.807) is 65.5 Å². The van der Waals surface area contributed by atoms with Crippen LogP contribution in [0.1, 0.15) is 39.0 Å². The summed E-state index contributed by atoms with van der Waals surface area (Å²) in [6, 6.07) is 11.0. The van der Waals surface area contributed by atoms with Crippen molar-refractivity contribution in [3.8, 4) is 0 Å². The smallest absolute Gasteiger partial charge is 0.252 e. The van der Waals surface area contributed by atoms with E-state index in [1.807, 2.05) is 13.1 Å². The lowest BCUT2D eigenvalue weighted by Gasteiger charge is -2.19. The van der Waals surface area contributed by atoms with Gasteiger partial charge >= 0.3 is 0 Å². The Labute approximate surface area is 205 Å². The summed E-state index contributed by atoms with van der Waals surface area (Å²) in [7, 11) is 3.64. The molecule has 1 atom stereocenters. The van der Waals surface area contributed by atoms with E-state index < -0.39 is 11.9 Å². The number of benzene rings is 2. The lowest BCUT2D eigenvalue weighted by atomic mass is 10.0. The Kier molecular flexibility index (Phi) is 6.00. The minimum absolute atomic E-state index is 0.0150. The summed E-state index contributed by atoms with van der Waals surface area (Å²) >= 11 is 5.86. The normalized spacial score (nSPS) is 12.1. The molecule has 0 spiro atoms. The van der Waals surface area contributed by atoms with Crippen LogP contribution in [0.2, 0.25) is 5.02 Å². The zero-order valence-corrected chi connectivity index (χ0v) is 19.7. The van der Waals surface area contributed by atoms with Crippen LogP contribution in [0.5, 0.6) is 0 Å². The standard InChI is InChI=1S/C25H21ClFN7O/c1-33-14-18(13-30-33)24(15-5-6-20(26)21(27)9-15)32-25(35)16-3-4-17-12-28-23(31-22(17)10-16)11-19-7-8-29-34(19)2/h3-10,12-14,24H,11H2,1-2H3,(H,32,35)/t24-/m0/s1. The first-order valence-electron chi connectivity index (χ1n) is 10.8. The predicted octanol–water partition coefficient (Wildman–Crippen LogP) is 4.00. The summed E-state index contributed by atoms with van der Waals surface area (Å²) < 4.78 is 17.6. The number of carbonyl (C=O) groups excluding carboxylic acids is 1. The Morgan fingerprint density at radius 3 is 2.66 bits per heavy atom. The number of halogens is 2. The van der Waals surface area contributed by atoms with Gasteiger partial charge in [0.1, 0.15) is 11.6 Å². The summed E-state index contributed by atoms with van der Waals surface area (Å²) in [5.41, 5.74) is 3.32. The molecule has 5 rings (SSSR count). The fourth-order valence-corrected chi connectivity index (χ4v) is 4.00. The van der Waals surface area contributed by atoms with E-state index in [0.29, 0.717) is 34.5 Å². The summed E-state index contributed by atoms with van der Waals surface area (Å²) in [5, 5.41) is 12.2. The number of aromatic nitrogens is 6. The first-order chi connectivity index (χ1) is 16.9. The number of fused-ring (bicyclic) bond motifs is 1. The van der Waals surface area contributed by atoms with Crippen LogP contribution in [0, 0.1) is 5.82 Å². The van der Waals surface area contributed by atoms with Crippen LogP contribution >= 0.6 is 11.6 Å². The fraction of sp³-hybridized carbons (Fsp3) is 0.160. The van der Waals surface area contributed by atoms with Crippen LogP contribution in [0.15, 0.2) is 67.3 Å². The molecule has 3 heterocycles. The average Bonchev–Trinajstić information content (AvgIpc) is 3.46. The number of aryl methyl sites for hydroxylation is 2. The van der Waals surface area contributed by atoms with Gasteiger partial charge in [-0.15, -0.1) is 0 Å². The van der Waals surface area contributed by atoms with Gasteiger partial charge in [-0.3, -0.25) is 14.2 Å². The highest BCUT2D eigenvalue weighted by atomic mass is 35.5. The first-order valence-corrected chi connectivity index (χ1v) is 11.2. The molecule has 0 unspecified atom stereocenters. The van der Waals surface area contributed by atoms with Crippen molar-refractivity contribution in [3.05, 3.63) is 106 Å². The maximum Gasteiger partial charge on any atom is 0.252 e. The molecule has 0 aliphatic rings. The Balaban J connectivity index is 1.45. The summed E-state index contributed by atoms with van der Waals surface area (Å²) in [5.74, 6) is -0.262. The van der Waals surface area contributed by atoms with E-state index in [4.69, 9.17) is 11.6 Å². The average molecular weight is 490 g/mol. The summed E-state index contributed by atoms with van der Waals surface area (Å²) in [6.45, 7) is 0. The quantitative estimate of drug-likeness (QED) is 0.389. The van der Waals surface area contributed by atoms with Gasteiger partial charge in [0, 0.05) is 61.3 Å². The van der Waals surface area contributed by atoms with Crippen LogP contribution in [0.25, 0.3) is 10.9 Å². The molecule has 8 nitrogen and oxygen atoms in total. The molecule has 35 heavy (non-hydrogen) atoms. The maximum atomic E-state index is 14.2. The second-order valence-electron chi connectivity index (χ2n) is 8.21. The van der Waals surface area contributed by atoms with Crippen molar-refractivity contribution in [2.45, 2.75) is 12.5 Å². The Bertz CT molecular complexity index is 1540. The van der Waals surface area contributed by atoms with Crippen LogP contribution < -0.4 is 5.32 Å². The molecule has 0 saturated heterocycles. The molecule has 1 N–H and O–H groups in total. The van der Waals surface area contributed by atoms with Crippen molar-refractivity contribution in [2.24, 2.45) is 14.1 Å². The number of amides is 1. The molecule has 176 valence electrons. The summed E-state index contributed by atoms with van der Waals surface area (Å²) in [6.07, 6.45) is 7.40. The molecule has 1 amide bonds. The Morgan fingerprint density at radius 1 is 1.09 bits per heavy atom. The minimum atomic E-state index is -0.621. The molecule has 5 aromatic rings. The fourth-order valence-electron chi connectivity index (χ4n) is 3.88. The van der Waals surface area contributed by atoms with Gasteiger partial charge in [0.25, 0.3) is 5.91 Å². The molecule has 3 aromatic heterocycles. The van der Waals surface area contributed by atoms with Crippen LogP contribution in [0.4, 0.5) is 4.39 Å². The molecular weight excluding hydrogens is 469 g/mol. The second-order valence-corrected chi connectivity index (χ2v) is 8.62. The Morgan fingerprint density at radius 2 is 1.94 bits per heavy atom. The molecule has 0 saturated carbocycles. The van der Waals surface area contributed by atoms with Gasteiger partial charge in [-0.25, -0.2) is 14.4 Å². The van der Waals surface area contributed by atoms with Gasteiger partial charge in [0.2, 0.25) is 0 Å². The van der Waals surface area contributed by atoms with Gasteiger partial charge in [0.05, 0.1) is 22.8 Å². The third-order valence-electron chi connectivity index (χ3n) is 5.77. The van der Waals surface area contributed by atoms with Gasteiger partial charge in [0.15, 0.2) is 0 Å². The van der Waals surface area contributed by atoms with E-state index in [0.717, 1.165) is 11.1 Å². The minimum Gasteiger partial charge on any atom is -0.341 e. The van der Waals surface area contributed by atoms with Crippen molar-refractivity contribution in [3.63, 3.8) is 0 Å². The van der Waals surface area contributed by atoms with E-state index in [1.165, 1.54) is 12.1 Å². The first kappa shape index (κ1) is 22.7. The second kappa shape index (κ2) is 9.27. The van der Waals surface area contributed by atoms with Crippen molar-refractivity contribution < 1.29 is 9.18 Å². The van der Waals surface area contributed by atoms with Crippen LogP contribution in [-0.4, -0.2) is 35.4 Å². The number of rotatable bonds is 6. The third kappa shape index (κ3) is 4.76. The molecule has 0 aliphatic heterocycles. The van der Waals surface area contributed by atoms with Crippen molar-refractivity contribution >= 4 is 28.4 Å². The lowest BCUT2D eigenvalue weighted by Crippen LogP contribution is -2.29. The zero-order valence-electron chi connectivity index (χ0n) is 19.0. The number of nitrogens with one attached hydrogen (secondary N) is 1. The largest absolute Gasteiger partial charge is 0.341 e. The molecule has 0 aliphatic carbocycles. The van der Waals surface area contributed by atoms with E-state index >= 15 is 0 Å². The van der Waals surface area contributed by atoms with Crippen molar-refractivity contribution in [1.82, 2.24) is 34.8 Å². The topological polar surface area (TPSA) is 90.5 Å². The summed E-state index contributed by atoms with van der Waals surface area (Å²) in [4.78, 5) is 22.4. The molecule has 0 fully saturated rings. The van der Waals surface area contributed by atoms with Crippen LogP contribution in [0.3, 0.4) is 0 Å². The van der Waals surface area contributed by atoms with E-state index in [-0.39, 0.29) is 10.9 Å². The highest BCUT2D eigenvalue weighted by Crippen LogP contribution is 2.26. The Hall–Kier alpha value is -4.11. The predicted molar refractivity (Wildman–Crippen MR) is 129 cm³/mol. The monoisotopic (exact) mass is 489 g/mol. The molecule has 2 aromatic carbocycles. The maximum absolute atomic E-state index is 14.2. The number of hydrogen-bond donors (Lipinski definition) is 1. The van der Waals surface area contributed by atoms with Crippen molar-refractivity contribution in [1.29, 1.82) is 0 Å². The zero-order chi connectivity index (χ0) is 24.5. The molecule has 0 radical (unpaired) electrons. The van der Waals surface area contributed by atoms with Gasteiger partial charge < -0.3 is 5.32 Å². The molecule has 0 bridgehead atoms. The van der Waals surface area contributed by atoms with Crippen LogP contribution in [-0.2, 0) is 20.5 Å². The van der Waals surface area contributed by atoms with Gasteiger partial charge in [-0.2, -0.15) is 10.2 Å². The molecular formula is C25H21ClFN7O. The van der Waals surface area contributed by atoms with Gasteiger partial charge in [-0.05, 0) is 35.9 Å². The van der Waals surface area contributed by atoms with Crippen molar-refractivity contribution in [2.75, 3.05) is 0 Å². The highest BCUT2D eigenvalue weighted by molar-refractivity contribution is 6.30. The van der Waals surface area contributed by atoms with E-state index in [2.05, 4.69) is 25.5 Å². The third-order valence-corrected chi connectivity index (χ3v) is 6.07. The lowest BCUT2D eigenvalue weighted by molar-refractivity contribution is 0.0943. The highest BCUT2D eigenvalue weighted by Gasteiger charge is 2.21. The van der Waals surface area contributed by atoms with E-state index in [9.17, 15) is 9.18 Å².